The number of rotatable bonds is 4. The van der Waals surface area contributed by atoms with E-state index in [1.807, 2.05) is 0 Å². The molecule has 1 fully saturated rings. The molecule has 8 heteroatoms. The minimum Gasteiger partial charge on any atom is -0.492 e. The normalized spacial score (nSPS) is 18.7. The lowest BCUT2D eigenvalue weighted by Crippen LogP contribution is -2.47. The van der Waals surface area contributed by atoms with E-state index < -0.39 is 0 Å². The molecule has 1 atom stereocenters. The van der Waals surface area contributed by atoms with Crippen LogP contribution in [0, 0.1) is 0 Å². The lowest BCUT2D eigenvalue weighted by Gasteiger charge is -2.38. The summed E-state index contributed by atoms with van der Waals surface area (Å²) < 4.78 is 1.53. The first-order valence-electron chi connectivity index (χ1n) is 7.79. The number of hydrogen-bond acceptors (Lipinski definition) is 7. The molecule has 4 heterocycles. The van der Waals surface area contributed by atoms with Gasteiger partial charge in [0.1, 0.15) is 6.33 Å². The van der Waals surface area contributed by atoms with Gasteiger partial charge < -0.3 is 10.0 Å². The van der Waals surface area contributed by atoms with Crippen molar-refractivity contribution in [2.75, 3.05) is 32.7 Å². The summed E-state index contributed by atoms with van der Waals surface area (Å²) >= 11 is 3.27. The molecular formula is C15H19N5OS2. The molecule has 122 valence electrons. The van der Waals surface area contributed by atoms with Gasteiger partial charge in [-0.15, -0.1) is 11.3 Å². The topological polar surface area (TPSA) is 56.9 Å². The van der Waals surface area contributed by atoms with E-state index in [0.717, 1.165) is 42.6 Å². The summed E-state index contributed by atoms with van der Waals surface area (Å²) in [5.41, 5.74) is 0. The lowest BCUT2D eigenvalue weighted by molar-refractivity contribution is 0.114. The molecule has 1 N–H and O–H groups in total. The fourth-order valence-corrected chi connectivity index (χ4v) is 5.16. The van der Waals surface area contributed by atoms with Gasteiger partial charge in [0.05, 0.1) is 10.9 Å². The van der Waals surface area contributed by atoms with Crippen molar-refractivity contribution in [1.29, 1.82) is 0 Å². The lowest BCUT2D eigenvalue weighted by atomic mass is 10.1. The molecule has 0 aromatic carbocycles. The molecule has 1 saturated heterocycles. The number of piperazine rings is 1. The van der Waals surface area contributed by atoms with Crippen molar-refractivity contribution < 1.29 is 5.11 Å². The molecule has 1 aliphatic heterocycles. The number of likely N-dealkylation sites (N-methyl/N-ethyl adjacent to an activating group) is 1. The second kappa shape index (κ2) is 6.20. The number of thiophene rings is 1. The average Bonchev–Trinajstić information content (AvgIpc) is 3.30. The second-order valence-electron chi connectivity index (χ2n) is 5.63. The Morgan fingerprint density at radius 1 is 1.30 bits per heavy atom. The minimum absolute atomic E-state index is 0.0857. The molecule has 0 spiro atoms. The van der Waals surface area contributed by atoms with Gasteiger partial charge in [0.2, 0.25) is 10.8 Å². The number of fused-ring (bicyclic) bond motifs is 1. The van der Waals surface area contributed by atoms with E-state index >= 15 is 0 Å². The molecule has 23 heavy (non-hydrogen) atoms. The zero-order chi connectivity index (χ0) is 15.8. The first kappa shape index (κ1) is 15.1. The fourth-order valence-electron chi connectivity index (χ4n) is 3.13. The maximum Gasteiger partial charge on any atom is 0.230 e. The first-order valence-corrected chi connectivity index (χ1v) is 9.48. The predicted molar refractivity (Wildman–Crippen MR) is 92.4 cm³/mol. The third kappa shape index (κ3) is 2.65. The first-order chi connectivity index (χ1) is 11.3. The van der Waals surface area contributed by atoms with Gasteiger partial charge in [-0.1, -0.05) is 24.3 Å². The van der Waals surface area contributed by atoms with Gasteiger partial charge in [-0.25, -0.2) is 4.98 Å². The van der Waals surface area contributed by atoms with E-state index in [4.69, 9.17) is 0 Å². The van der Waals surface area contributed by atoms with Crippen molar-refractivity contribution in [3.05, 3.63) is 33.6 Å². The summed E-state index contributed by atoms with van der Waals surface area (Å²) in [4.78, 5) is 12.1. The molecule has 4 rings (SSSR count). The van der Waals surface area contributed by atoms with E-state index in [-0.39, 0.29) is 11.9 Å². The Hall–Kier alpha value is -1.48. The molecule has 6 nitrogen and oxygen atoms in total. The van der Waals surface area contributed by atoms with E-state index in [0.29, 0.717) is 0 Å². The van der Waals surface area contributed by atoms with Crippen molar-refractivity contribution in [3.8, 4) is 5.88 Å². The quantitative estimate of drug-likeness (QED) is 0.783. The second-order valence-corrected chi connectivity index (χ2v) is 7.62. The monoisotopic (exact) mass is 349 g/mol. The van der Waals surface area contributed by atoms with Crippen molar-refractivity contribution in [1.82, 2.24) is 24.4 Å². The SMILES string of the molecule is CCN1CCN([C@H](c2cccs2)c2sc3ncnn3c2O)CC1. The van der Waals surface area contributed by atoms with Crippen LogP contribution in [0.1, 0.15) is 22.7 Å². The van der Waals surface area contributed by atoms with Crippen LogP contribution < -0.4 is 0 Å². The molecule has 0 aliphatic carbocycles. The zero-order valence-electron chi connectivity index (χ0n) is 12.9. The largest absolute Gasteiger partial charge is 0.492 e. The van der Waals surface area contributed by atoms with Gasteiger partial charge in [-0.3, -0.25) is 4.90 Å². The van der Waals surface area contributed by atoms with Crippen LogP contribution in [0.15, 0.2) is 23.8 Å². The summed E-state index contributed by atoms with van der Waals surface area (Å²) in [5.74, 6) is 0.221. The van der Waals surface area contributed by atoms with Gasteiger partial charge in [-0.2, -0.15) is 9.61 Å². The number of aromatic hydroxyl groups is 1. The number of nitrogens with zero attached hydrogens (tertiary/aromatic N) is 5. The Morgan fingerprint density at radius 3 is 2.78 bits per heavy atom. The van der Waals surface area contributed by atoms with Crippen LogP contribution in [0.4, 0.5) is 0 Å². The fraction of sp³-hybridized carbons (Fsp3) is 0.467. The van der Waals surface area contributed by atoms with E-state index in [1.54, 1.807) is 11.3 Å². The summed E-state index contributed by atoms with van der Waals surface area (Å²) in [5, 5.41) is 16.8. The highest BCUT2D eigenvalue weighted by molar-refractivity contribution is 7.17. The minimum atomic E-state index is 0.0857. The molecule has 3 aromatic rings. The third-order valence-corrected chi connectivity index (χ3v) is 6.43. The smallest absolute Gasteiger partial charge is 0.230 e. The number of thiazole rings is 1. The highest BCUT2D eigenvalue weighted by Crippen LogP contribution is 2.41. The van der Waals surface area contributed by atoms with Crippen molar-refractivity contribution in [3.63, 3.8) is 0 Å². The molecule has 0 bridgehead atoms. The Morgan fingerprint density at radius 2 is 2.13 bits per heavy atom. The molecule has 3 aromatic heterocycles. The maximum absolute atomic E-state index is 10.6. The van der Waals surface area contributed by atoms with Crippen LogP contribution in [-0.2, 0) is 0 Å². The van der Waals surface area contributed by atoms with Crippen molar-refractivity contribution in [2.45, 2.75) is 13.0 Å². The Bertz CT molecular complexity index is 773. The third-order valence-electron chi connectivity index (χ3n) is 4.42. The Labute approximate surface area is 142 Å². The van der Waals surface area contributed by atoms with Gasteiger partial charge >= 0.3 is 0 Å². The van der Waals surface area contributed by atoms with Gasteiger partial charge in [0.25, 0.3) is 0 Å². The van der Waals surface area contributed by atoms with E-state index in [2.05, 4.69) is 44.3 Å². The number of hydrogen-bond donors (Lipinski definition) is 1. The maximum atomic E-state index is 10.6. The van der Waals surface area contributed by atoms with Gasteiger partial charge in [0.15, 0.2) is 0 Å². The molecule has 0 radical (unpaired) electrons. The molecule has 1 aliphatic rings. The van der Waals surface area contributed by atoms with E-state index in [9.17, 15) is 5.11 Å². The summed E-state index contributed by atoms with van der Waals surface area (Å²) in [7, 11) is 0. The van der Waals surface area contributed by atoms with Crippen LogP contribution in [0.3, 0.4) is 0 Å². The van der Waals surface area contributed by atoms with Crippen molar-refractivity contribution >= 4 is 27.6 Å². The molecule has 0 saturated carbocycles. The summed E-state index contributed by atoms with van der Waals surface area (Å²) in [6, 6.07) is 4.31. The van der Waals surface area contributed by atoms with Crippen LogP contribution in [0.25, 0.3) is 4.96 Å². The van der Waals surface area contributed by atoms with Gasteiger partial charge in [-0.05, 0) is 18.0 Å². The number of aromatic nitrogens is 3. The van der Waals surface area contributed by atoms with Crippen LogP contribution in [0.5, 0.6) is 5.88 Å². The van der Waals surface area contributed by atoms with Crippen LogP contribution in [0.2, 0.25) is 0 Å². The van der Waals surface area contributed by atoms with Crippen molar-refractivity contribution in [2.24, 2.45) is 0 Å². The highest BCUT2D eigenvalue weighted by atomic mass is 32.1. The average molecular weight is 349 g/mol. The summed E-state index contributed by atoms with van der Waals surface area (Å²) in [6.45, 7) is 7.45. The molecule has 0 unspecified atom stereocenters. The molecular weight excluding hydrogens is 330 g/mol. The summed E-state index contributed by atoms with van der Waals surface area (Å²) in [6.07, 6.45) is 1.48. The predicted octanol–water partition coefficient (Wildman–Crippen LogP) is 2.28. The molecule has 0 amide bonds. The Balaban J connectivity index is 1.71. The Kier molecular flexibility index (Phi) is 4.06. The van der Waals surface area contributed by atoms with Gasteiger partial charge in [0, 0.05) is 31.1 Å². The zero-order valence-corrected chi connectivity index (χ0v) is 14.6. The standard InChI is InChI=1S/C15H19N5OS2/c1-2-18-5-7-19(8-6-18)12(11-4-3-9-22-11)13-14(21)20-15(23-13)16-10-17-20/h3-4,9-10,12,21H,2,5-8H2,1H3/t12-/m1/s1. The van der Waals surface area contributed by atoms with Crippen LogP contribution in [-0.4, -0.2) is 62.2 Å². The van der Waals surface area contributed by atoms with E-state index in [1.165, 1.54) is 27.1 Å². The highest BCUT2D eigenvalue weighted by Gasteiger charge is 2.31. The van der Waals surface area contributed by atoms with Crippen LogP contribution >= 0.6 is 22.7 Å².